The summed E-state index contributed by atoms with van der Waals surface area (Å²) >= 11 is 0. The van der Waals surface area contributed by atoms with Gasteiger partial charge < -0.3 is 15.2 Å². The van der Waals surface area contributed by atoms with Gasteiger partial charge in [-0.1, -0.05) is 20.8 Å². The van der Waals surface area contributed by atoms with Gasteiger partial charge in [0.15, 0.2) is 11.8 Å². The van der Waals surface area contributed by atoms with Gasteiger partial charge in [0.1, 0.15) is 18.2 Å². The number of hydrogen-bond donors (Lipinski definition) is 2. The smallest absolute Gasteiger partial charge is 0.191 e. The molecule has 0 aromatic carbocycles. The molecule has 1 aliphatic rings. The molecule has 0 amide bonds. The molecular formula is C19H32N8. The fraction of sp³-hybridized carbons (Fsp3) is 0.684. The van der Waals surface area contributed by atoms with Crippen LogP contribution in [0.5, 0.6) is 0 Å². The minimum atomic E-state index is 0.303. The van der Waals surface area contributed by atoms with Crippen LogP contribution in [0.25, 0.3) is 0 Å². The predicted octanol–water partition coefficient (Wildman–Crippen LogP) is 1.76. The summed E-state index contributed by atoms with van der Waals surface area (Å²) in [5.74, 6) is 4.45. The van der Waals surface area contributed by atoms with Crippen molar-refractivity contribution in [2.75, 3.05) is 6.54 Å². The Morgan fingerprint density at radius 1 is 1.37 bits per heavy atom. The Morgan fingerprint density at radius 3 is 2.96 bits per heavy atom. The minimum absolute atomic E-state index is 0.303. The van der Waals surface area contributed by atoms with Crippen LogP contribution in [0.1, 0.15) is 51.6 Å². The molecule has 0 bridgehead atoms. The van der Waals surface area contributed by atoms with Gasteiger partial charge in [0.25, 0.3) is 0 Å². The number of fused-ring (bicyclic) bond motifs is 1. The SMILES string of the molecule is CCNC(=NCc1nccn1CC(C)C)NC1CCc2nc(CC)nn2C1. The van der Waals surface area contributed by atoms with Gasteiger partial charge in [0.05, 0.1) is 6.54 Å². The maximum atomic E-state index is 4.76. The van der Waals surface area contributed by atoms with Crippen molar-refractivity contribution in [3.8, 4) is 0 Å². The number of imidazole rings is 1. The van der Waals surface area contributed by atoms with E-state index < -0.39 is 0 Å². The summed E-state index contributed by atoms with van der Waals surface area (Å²) in [4.78, 5) is 13.8. The molecule has 8 nitrogen and oxygen atoms in total. The monoisotopic (exact) mass is 372 g/mol. The highest BCUT2D eigenvalue weighted by Gasteiger charge is 2.22. The van der Waals surface area contributed by atoms with Gasteiger partial charge in [-0.15, -0.1) is 0 Å². The average molecular weight is 373 g/mol. The molecule has 3 heterocycles. The first-order valence-corrected chi connectivity index (χ1v) is 10.1. The Bertz CT molecular complexity index is 758. The zero-order valence-corrected chi connectivity index (χ0v) is 16.9. The lowest BCUT2D eigenvalue weighted by Gasteiger charge is -2.25. The van der Waals surface area contributed by atoms with Crippen molar-refractivity contribution in [1.82, 2.24) is 34.9 Å². The van der Waals surface area contributed by atoms with Crippen molar-refractivity contribution in [2.24, 2.45) is 10.9 Å². The molecule has 0 spiro atoms. The standard InChI is InChI=1S/C19H32N8/c1-5-16-24-17-8-7-15(13-27(17)25-16)23-19(20-6-2)22-11-18-21-9-10-26(18)12-14(3)4/h9-10,14-15H,5-8,11-13H2,1-4H3,(H2,20,22,23). The van der Waals surface area contributed by atoms with Gasteiger partial charge in [0.2, 0.25) is 0 Å². The molecule has 2 aromatic heterocycles. The van der Waals surface area contributed by atoms with Crippen molar-refractivity contribution < 1.29 is 0 Å². The quantitative estimate of drug-likeness (QED) is 0.571. The molecule has 27 heavy (non-hydrogen) atoms. The molecule has 0 aliphatic carbocycles. The van der Waals surface area contributed by atoms with E-state index in [-0.39, 0.29) is 0 Å². The molecule has 0 radical (unpaired) electrons. The van der Waals surface area contributed by atoms with Crippen LogP contribution in [0.3, 0.4) is 0 Å². The second-order valence-electron chi connectivity index (χ2n) is 7.44. The molecule has 148 valence electrons. The number of nitrogens with zero attached hydrogens (tertiary/aromatic N) is 6. The summed E-state index contributed by atoms with van der Waals surface area (Å²) in [6.45, 7) is 11.8. The predicted molar refractivity (Wildman–Crippen MR) is 107 cm³/mol. The molecule has 1 unspecified atom stereocenters. The third-order valence-corrected chi connectivity index (χ3v) is 4.65. The minimum Gasteiger partial charge on any atom is -0.357 e. The van der Waals surface area contributed by atoms with Crippen LogP contribution in [0.2, 0.25) is 0 Å². The second-order valence-corrected chi connectivity index (χ2v) is 7.44. The highest BCUT2D eigenvalue weighted by Crippen LogP contribution is 2.13. The van der Waals surface area contributed by atoms with Gasteiger partial charge in [-0.3, -0.25) is 0 Å². The third kappa shape index (κ3) is 5.08. The molecule has 0 saturated heterocycles. The van der Waals surface area contributed by atoms with E-state index >= 15 is 0 Å². The maximum absolute atomic E-state index is 4.76. The number of aryl methyl sites for hydroxylation is 2. The fourth-order valence-electron chi connectivity index (χ4n) is 3.34. The lowest BCUT2D eigenvalue weighted by molar-refractivity contribution is 0.392. The Kier molecular flexibility index (Phi) is 6.47. The fourth-order valence-corrected chi connectivity index (χ4v) is 3.34. The Morgan fingerprint density at radius 2 is 2.22 bits per heavy atom. The van der Waals surface area contributed by atoms with Crippen LogP contribution >= 0.6 is 0 Å². The maximum Gasteiger partial charge on any atom is 0.191 e. The van der Waals surface area contributed by atoms with Gasteiger partial charge >= 0.3 is 0 Å². The molecule has 2 N–H and O–H groups in total. The first-order valence-electron chi connectivity index (χ1n) is 10.1. The molecular weight excluding hydrogens is 340 g/mol. The molecule has 8 heteroatoms. The molecule has 1 aliphatic heterocycles. The first-order chi connectivity index (χ1) is 13.1. The average Bonchev–Trinajstić information content (AvgIpc) is 3.25. The Labute approximate surface area is 161 Å². The molecule has 0 saturated carbocycles. The van der Waals surface area contributed by atoms with Crippen LogP contribution in [0, 0.1) is 5.92 Å². The van der Waals surface area contributed by atoms with E-state index in [9.17, 15) is 0 Å². The Balaban J connectivity index is 1.64. The molecule has 0 fully saturated rings. The normalized spacial score (nSPS) is 17.2. The number of rotatable bonds is 7. The second kappa shape index (κ2) is 9.01. The van der Waals surface area contributed by atoms with Crippen LogP contribution in [0.4, 0.5) is 0 Å². The van der Waals surface area contributed by atoms with Crippen LogP contribution in [-0.4, -0.2) is 42.9 Å². The number of aromatic nitrogens is 5. The zero-order valence-electron chi connectivity index (χ0n) is 16.9. The van der Waals surface area contributed by atoms with Gasteiger partial charge in [-0.2, -0.15) is 5.10 Å². The van der Waals surface area contributed by atoms with Gasteiger partial charge in [-0.05, 0) is 19.3 Å². The van der Waals surface area contributed by atoms with Crippen molar-refractivity contribution in [3.05, 3.63) is 29.9 Å². The summed E-state index contributed by atoms with van der Waals surface area (Å²) in [5, 5.41) is 11.5. The van der Waals surface area contributed by atoms with Crippen LogP contribution in [0.15, 0.2) is 17.4 Å². The van der Waals surface area contributed by atoms with E-state index in [1.54, 1.807) is 0 Å². The number of aliphatic imine (C=N–C) groups is 1. The third-order valence-electron chi connectivity index (χ3n) is 4.65. The summed E-state index contributed by atoms with van der Waals surface area (Å²) in [6, 6.07) is 0.303. The summed E-state index contributed by atoms with van der Waals surface area (Å²) in [5.41, 5.74) is 0. The molecule has 2 aromatic rings. The van der Waals surface area contributed by atoms with E-state index in [2.05, 4.69) is 58.0 Å². The summed E-state index contributed by atoms with van der Waals surface area (Å²) in [7, 11) is 0. The van der Waals surface area contributed by atoms with Crippen molar-refractivity contribution in [1.29, 1.82) is 0 Å². The van der Waals surface area contributed by atoms with Crippen LogP contribution < -0.4 is 10.6 Å². The van der Waals surface area contributed by atoms with Gasteiger partial charge in [0, 0.05) is 44.4 Å². The topological polar surface area (TPSA) is 84.9 Å². The lowest BCUT2D eigenvalue weighted by atomic mass is 10.1. The lowest BCUT2D eigenvalue weighted by Crippen LogP contribution is -2.47. The van der Waals surface area contributed by atoms with Crippen LogP contribution in [-0.2, 0) is 32.5 Å². The van der Waals surface area contributed by atoms with Gasteiger partial charge in [-0.25, -0.2) is 19.6 Å². The van der Waals surface area contributed by atoms with E-state index in [0.29, 0.717) is 18.5 Å². The van der Waals surface area contributed by atoms with E-state index in [1.165, 1.54) is 0 Å². The number of hydrogen-bond acceptors (Lipinski definition) is 4. The summed E-state index contributed by atoms with van der Waals surface area (Å²) < 4.78 is 4.23. The molecule has 3 rings (SSSR count). The first kappa shape index (κ1) is 19.4. The van der Waals surface area contributed by atoms with E-state index in [0.717, 1.165) is 62.3 Å². The van der Waals surface area contributed by atoms with E-state index in [4.69, 9.17) is 4.99 Å². The largest absolute Gasteiger partial charge is 0.357 e. The zero-order chi connectivity index (χ0) is 19.2. The molecule has 1 atom stereocenters. The summed E-state index contributed by atoms with van der Waals surface area (Å²) in [6.07, 6.45) is 6.75. The number of guanidine groups is 1. The highest BCUT2D eigenvalue weighted by atomic mass is 15.4. The van der Waals surface area contributed by atoms with E-state index in [1.807, 2.05) is 17.1 Å². The van der Waals surface area contributed by atoms with Crippen molar-refractivity contribution in [2.45, 2.75) is 72.6 Å². The van der Waals surface area contributed by atoms with Crippen molar-refractivity contribution >= 4 is 5.96 Å². The highest BCUT2D eigenvalue weighted by molar-refractivity contribution is 5.80. The Hall–Kier alpha value is -2.38. The number of nitrogens with one attached hydrogen (secondary N) is 2. The van der Waals surface area contributed by atoms with Crippen molar-refractivity contribution in [3.63, 3.8) is 0 Å².